The summed E-state index contributed by atoms with van der Waals surface area (Å²) in [4.78, 5) is 0. The van der Waals surface area contributed by atoms with Gasteiger partial charge in [-0.25, -0.2) is 0 Å². The van der Waals surface area contributed by atoms with Crippen molar-refractivity contribution in [2.45, 2.75) is 38.5 Å². The zero-order valence-electron chi connectivity index (χ0n) is 14.7. The number of hydrogen-bond acceptors (Lipinski definition) is 2. The summed E-state index contributed by atoms with van der Waals surface area (Å²) in [5.41, 5.74) is 4.72. The number of phenols is 1. The molecule has 0 saturated heterocycles. The van der Waals surface area contributed by atoms with E-state index in [1.807, 2.05) is 12.1 Å². The van der Waals surface area contributed by atoms with Gasteiger partial charge in [-0.2, -0.15) is 0 Å². The van der Waals surface area contributed by atoms with Gasteiger partial charge in [-0.15, -0.1) is 0 Å². The van der Waals surface area contributed by atoms with Crippen LogP contribution in [0.4, 0.5) is 0 Å². The number of fused-ring (bicyclic) bond motifs is 3. The Morgan fingerprint density at radius 2 is 1.88 bits per heavy atom. The van der Waals surface area contributed by atoms with Crippen molar-refractivity contribution >= 4 is 0 Å². The smallest absolute Gasteiger partial charge is 0.134 e. The third-order valence-electron chi connectivity index (χ3n) is 5.46. The zero-order valence-corrected chi connectivity index (χ0v) is 14.7. The molecular weight excluding hydrogens is 308 g/mol. The number of aryl methyl sites for hydroxylation is 2. The van der Waals surface area contributed by atoms with Gasteiger partial charge in [-0.1, -0.05) is 48.6 Å². The summed E-state index contributed by atoms with van der Waals surface area (Å²) in [6.07, 6.45) is 6.23. The van der Waals surface area contributed by atoms with Crippen molar-refractivity contribution in [1.29, 1.82) is 0 Å². The summed E-state index contributed by atoms with van der Waals surface area (Å²) < 4.78 is 6.03. The van der Waals surface area contributed by atoms with E-state index in [4.69, 9.17) is 4.74 Å². The monoisotopic (exact) mass is 332 g/mol. The fraction of sp³-hybridized carbons (Fsp3) is 0.304. The molecule has 1 N–H and O–H groups in total. The number of allylic oxidation sites excluding steroid dienone is 3. The Hall–Kier alpha value is -2.48. The Bertz CT molecular complexity index is 833. The standard InChI is InChI=1S/C23H24O2/c1-15-8-11-19-16(2)25-22-14-18(10-9-17-6-4-3-5-7-17)13-21(24)23(22)20(19)12-15/h3-7,12-14,19-20,24H,2,8-11H2,1H3/t19-,20-/m0/s1. The number of aromatic hydroxyl groups is 1. The highest BCUT2D eigenvalue weighted by Crippen LogP contribution is 2.51. The Labute approximate surface area is 149 Å². The minimum atomic E-state index is 0.188. The van der Waals surface area contributed by atoms with Crippen molar-refractivity contribution in [1.82, 2.24) is 0 Å². The molecule has 0 bridgehead atoms. The Morgan fingerprint density at radius 1 is 1.12 bits per heavy atom. The number of rotatable bonds is 3. The summed E-state index contributed by atoms with van der Waals surface area (Å²) in [5.74, 6) is 2.43. The van der Waals surface area contributed by atoms with Gasteiger partial charge >= 0.3 is 0 Å². The molecule has 0 saturated carbocycles. The summed E-state index contributed by atoms with van der Waals surface area (Å²) >= 11 is 0. The first kappa shape index (κ1) is 16.0. The number of benzene rings is 2. The van der Waals surface area contributed by atoms with Crippen LogP contribution in [0.2, 0.25) is 0 Å². The molecule has 2 aromatic rings. The van der Waals surface area contributed by atoms with Crippen molar-refractivity contribution in [3.05, 3.63) is 83.1 Å². The van der Waals surface area contributed by atoms with Gasteiger partial charge in [-0.3, -0.25) is 0 Å². The van der Waals surface area contributed by atoms with Gasteiger partial charge in [0.1, 0.15) is 17.3 Å². The lowest BCUT2D eigenvalue weighted by Gasteiger charge is -2.37. The van der Waals surface area contributed by atoms with E-state index in [9.17, 15) is 5.11 Å². The van der Waals surface area contributed by atoms with Gasteiger partial charge in [0.2, 0.25) is 0 Å². The maximum absolute atomic E-state index is 10.7. The molecule has 0 fully saturated rings. The molecule has 0 unspecified atom stereocenters. The maximum atomic E-state index is 10.7. The lowest BCUT2D eigenvalue weighted by atomic mass is 9.74. The van der Waals surface area contributed by atoms with Crippen LogP contribution in [0.3, 0.4) is 0 Å². The third kappa shape index (κ3) is 3.09. The average molecular weight is 332 g/mol. The molecule has 2 heteroatoms. The molecule has 1 aliphatic carbocycles. The van der Waals surface area contributed by atoms with Crippen LogP contribution in [0.15, 0.2) is 66.5 Å². The SMILES string of the molecule is C=C1Oc2cc(CCc3ccccc3)cc(O)c2[C@H]2C=C(C)CC[C@@H]12. The lowest BCUT2D eigenvalue weighted by Crippen LogP contribution is -2.25. The molecule has 2 atom stereocenters. The molecular formula is C23H24O2. The van der Waals surface area contributed by atoms with Crippen molar-refractivity contribution in [2.75, 3.05) is 0 Å². The largest absolute Gasteiger partial charge is 0.507 e. The van der Waals surface area contributed by atoms with Crippen LogP contribution >= 0.6 is 0 Å². The van der Waals surface area contributed by atoms with Crippen molar-refractivity contribution in [3.63, 3.8) is 0 Å². The van der Waals surface area contributed by atoms with E-state index >= 15 is 0 Å². The normalized spacial score (nSPS) is 21.8. The predicted molar refractivity (Wildman–Crippen MR) is 101 cm³/mol. The van der Waals surface area contributed by atoms with Crippen molar-refractivity contribution in [2.24, 2.45) is 5.92 Å². The van der Waals surface area contributed by atoms with Gasteiger partial charge < -0.3 is 9.84 Å². The van der Waals surface area contributed by atoms with Crippen molar-refractivity contribution in [3.8, 4) is 11.5 Å². The fourth-order valence-corrected chi connectivity index (χ4v) is 4.10. The fourth-order valence-electron chi connectivity index (χ4n) is 4.10. The van der Waals surface area contributed by atoms with E-state index in [1.165, 1.54) is 11.1 Å². The Balaban J connectivity index is 1.64. The maximum Gasteiger partial charge on any atom is 0.134 e. The number of phenolic OH excluding ortho intramolecular Hbond substituents is 1. The molecule has 0 spiro atoms. The topological polar surface area (TPSA) is 29.5 Å². The van der Waals surface area contributed by atoms with Gasteiger partial charge in [0, 0.05) is 17.4 Å². The van der Waals surface area contributed by atoms with Crippen LogP contribution in [0.25, 0.3) is 0 Å². The second kappa shape index (κ2) is 6.44. The summed E-state index contributed by atoms with van der Waals surface area (Å²) in [6, 6.07) is 14.4. The Morgan fingerprint density at radius 3 is 2.68 bits per heavy atom. The van der Waals surface area contributed by atoms with Crippen LogP contribution < -0.4 is 4.74 Å². The van der Waals surface area contributed by atoms with Gasteiger partial charge in [0.25, 0.3) is 0 Å². The van der Waals surface area contributed by atoms with E-state index < -0.39 is 0 Å². The molecule has 0 aromatic heterocycles. The average Bonchev–Trinajstić information content (AvgIpc) is 2.60. The second-order valence-corrected chi connectivity index (χ2v) is 7.26. The predicted octanol–water partition coefficient (Wildman–Crippen LogP) is 5.52. The van der Waals surface area contributed by atoms with Gasteiger partial charge in [0.15, 0.2) is 0 Å². The van der Waals surface area contributed by atoms with Crippen LogP contribution in [0, 0.1) is 5.92 Å². The minimum Gasteiger partial charge on any atom is -0.507 e. The zero-order chi connectivity index (χ0) is 17.4. The highest BCUT2D eigenvalue weighted by molar-refractivity contribution is 5.55. The molecule has 1 heterocycles. The molecule has 128 valence electrons. The van der Waals surface area contributed by atoms with Gasteiger partial charge in [0.05, 0.1) is 0 Å². The van der Waals surface area contributed by atoms with E-state index in [0.29, 0.717) is 5.75 Å². The second-order valence-electron chi connectivity index (χ2n) is 7.26. The highest BCUT2D eigenvalue weighted by atomic mass is 16.5. The molecule has 2 aromatic carbocycles. The molecule has 4 rings (SSSR count). The van der Waals surface area contributed by atoms with Crippen molar-refractivity contribution < 1.29 is 9.84 Å². The summed E-state index contributed by atoms with van der Waals surface area (Å²) in [5, 5.41) is 10.7. The van der Waals surface area contributed by atoms with Crippen LogP contribution in [-0.4, -0.2) is 5.11 Å². The van der Waals surface area contributed by atoms with E-state index in [0.717, 1.165) is 48.3 Å². The summed E-state index contributed by atoms with van der Waals surface area (Å²) in [6.45, 7) is 6.31. The Kier molecular flexibility index (Phi) is 4.12. The van der Waals surface area contributed by atoms with Gasteiger partial charge in [-0.05, 0) is 55.9 Å². The molecule has 2 aliphatic rings. The van der Waals surface area contributed by atoms with Crippen LogP contribution in [-0.2, 0) is 12.8 Å². The summed E-state index contributed by atoms with van der Waals surface area (Å²) in [7, 11) is 0. The van der Waals surface area contributed by atoms with E-state index in [2.05, 4.69) is 49.9 Å². The highest BCUT2D eigenvalue weighted by Gasteiger charge is 2.36. The van der Waals surface area contributed by atoms with E-state index in [1.54, 1.807) is 0 Å². The first-order chi connectivity index (χ1) is 12.1. The van der Waals surface area contributed by atoms with Crippen LogP contribution in [0.1, 0.15) is 42.4 Å². The first-order valence-corrected chi connectivity index (χ1v) is 9.05. The lowest BCUT2D eigenvalue weighted by molar-refractivity contribution is 0.275. The van der Waals surface area contributed by atoms with E-state index in [-0.39, 0.29) is 11.8 Å². The molecule has 0 amide bonds. The molecule has 1 aliphatic heterocycles. The molecule has 0 radical (unpaired) electrons. The molecule has 25 heavy (non-hydrogen) atoms. The third-order valence-corrected chi connectivity index (χ3v) is 5.46. The first-order valence-electron chi connectivity index (χ1n) is 9.05. The number of hydrogen-bond donors (Lipinski definition) is 1. The quantitative estimate of drug-likeness (QED) is 0.750. The number of ether oxygens (including phenoxy) is 1. The van der Waals surface area contributed by atoms with Crippen LogP contribution in [0.5, 0.6) is 11.5 Å². The minimum absolute atomic E-state index is 0.188. The molecule has 2 nitrogen and oxygen atoms in total.